The molecule has 0 spiro atoms. The smallest absolute Gasteiger partial charge is 0.256 e. The zero-order valence-electron chi connectivity index (χ0n) is 14.8. The number of nitrogens with zero attached hydrogens (tertiary/aromatic N) is 1. The van der Waals surface area contributed by atoms with Crippen molar-refractivity contribution in [3.05, 3.63) is 53.6 Å². The number of amides is 1. The molecule has 3 rings (SSSR count). The van der Waals surface area contributed by atoms with Crippen molar-refractivity contribution in [2.45, 2.75) is 6.92 Å². The molecule has 1 saturated heterocycles. The van der Waals surface area contributed by atoms with Gasteiger partial charge in [0.05, 0.1) is 11.5 Å². The first-order valence-electron chi connectivity index (χ1n) is 8.07. The van der Waals surface area contributed by atoms with Crippen LogP contribution in [0.4, 0.5) is 17.1 Å². The topological polar surface area (TPSA) is 92.5 Å². The minimum atomic E-state index is -2.92. The fraction of sp³-hybridized carbons (Fsp3) is 0.278. The molecule has 2 aromatic rings. The van der Waals surface area contributed by atoms with Crippen LogP contribution in [0.1, 0.15) is 15.9 Å². The van der Waals surface area contributed by atoms with Crippen LogP contribution in [0.25, 0.3) is 0 Å². The van der Waals surface area contributed by atoms with E-state index in [1.807, 2.05) is 42.2 Å². The standard InChI is InChI=1S/C18H21N3O3S.2ClH/c1-13-5-6-14(19)11-17(13)18(22)20-15-3-2-4-16(12-15)21-7-9-25(23,24)10-8-21;;/h2-6,11-12H,7-10,19H2,1H3,(H,20,22);2*1H. The second-order valence-corrected chi connectivity index (χ2v) is 8.52. The molecular weight excluding hydrogens is 409 g/mol. The summed E-state index contributed by atoms with van der Waals surface area (Å²) in [5.74, 6) is 0.0983. The molecule has 2 aromatic carbocycles. The van der Waals surface area contributed by atoms with E-state index in [-0.39, 0.29) is 42.2 Å². The SMILES string of the molecule is Cc1ccc(N)cc1C(=O)Nc1cccc(N2CCS(=O)(=O)CC2)c1.Cl.Cl. The van der Waals surface area contributed by atoms with Crippen LogP contribution >= 0.6 is 24.8 Å². The molecule has 1 heterocycles. The minimum absolute atomic E-state index is 0. The van der Waals surface area contributed by atoms with Gasteiger partial charge in [0.1, 0.15) is 0 Å². The van der Waals surface area contributed by atoms with Crippen molar-refractivity contribution in [3.8, 4) is 0 Å². The summed E-state index contributed by atoms with van der Waals surface area (Å²) in [7, 11) is -2.92. The second-order valence-electron chi connectivity index (χ2n) is 6.22. The van der Waals surface area contributed by atoms with Gasteiger partial charge in [-0.1, -0.05) is 12.1 Å². The highest BCUT2D eigenvalue weighted by Gasteiger charge is 2.22. The lowest BCUT2D eigenvalue weighted by Gasteiger charge is -2.29. The van der Waals surface area contributed by atoms with E-state index in [4.69, 9.17) is 5.73 Å². The van der Waals surface area contributed by atoms with Crippen LogP contribution in [0.2, 0.25) is 0 Å². The maximum atomic E-state index is 12.5. The van der Waals surface area contributed by atoms with E-state index in [0.29, 0.717) is 30.0 Å². The quantitative estimate of drug-likeness (QED) is 0.728. The molecule has 9 heteroatoms. The van der Waals surface area contributed by atoms with Gasteiger partial charge in [-0.25, -0.2) is 8.42 Å². The first-order valence-corrected chi connectivity index (χ1v) is 9.89. The molecule has 1 amide bonds. The molecule has 1 aliphatic heterocycles. The zero-order chi connectivity index (χ0) is 18.0. The normalized spacial score (nSPS) is 15.2. The number of nitrogens with two attached hydrogens (primary N) is 1. The Morgan fingerprint density at radius 2 is 1.74 bits per heavy atom. The first-order chi connectivity index (χ1) is 11.8. The average Bonchev–Trinajstić information content (AvgIpc) is 2.57. The molecule has 0 saturated carbocycles. The molecule has 27 heavy (non-hydrogen) atoms. The number of carbonyl (C=O) groups excluding carboxylic acids is 1. The Kier molecular flexibility index (Phi) is 7.95. The summed E-state index contributed by atoms with van der Waals surface area (Å²) in [4.78, 5) is 14.5. The Morgan fingerprint density at radius 1 is 1.07 bits per heavy atom. The van der Waals surface area contributed by atoms with Crippen LogP contribution in [0.15, 0.2) is 42.5 Å². The lowest BCUT2D eigenvalue weighted by atomic mass is 10.1. The van der Waals surface area contributed by atoms with Crippen molar-refractivity contribution in [1.82, 2.24) is 0 Å². The molecule has 148 valence electrons. The molecule has 0 aromatic heterocycles. The van der Waals surface area contributed by atoms with Crippen LogP contribution in [-0.2, 0) is 9.84 Å². The summed E-state index contributed by atoms with van der Waals surface area (Å²) in [6.07, 6.45) is 0. The van der Waals surface area contributed by atoms with Gasteiger partial charge < -0.3 is 16.0 Å². The molecule has 0 radical (unpaired) electrons. The van der Waals surface area contributed by atoms with Gasteiger partial charge in [-0.2, -0.15) is 0 Å². The number of anilines is 3. The number of sulfone groups is 1. The molecule has 0 atom stereocenters. The van der Waals surface area contributed by atoms with Gasteiger partial charge in [-0.15, -0.1) is 24.8 Å². The van der Waals surface area contributed by atoms with Crippen LogP contribution in [0, 0.1) is 6.92 Å². The number of hydrogen-bond acceptors (Lipinski definition) is 5. The minimum Gasteiger partial charge on any atom is -0.399 e. The Balaban J connectivity index is 0.00000182. The maximum absolute atomic E-state index is 12.5. The van der Waals surface area contributed by atoms with Gasteiger partial charge in [-0.3, -0.25) is 4.79 Å². The summed E-state index contributed by atoms with van der Waals surface area (Å²) < 4.78 is 23.1. The average molecular weight is 432 g/mol. The molecule has 1 fully saturated rings. The first kappa shape index (κ1) is 23.1. The third kappa shape index (κ3) is 5.76. The third-order valence-corrected chi connectivity index (χ3v) is 5.93. The Hall–Kier alpha value is -1.96. The second kappa shape index (κ2) is 9.30. The number of hydrogen-bond donors (Lipinski definition) is 2. The lowest BCUT2D eigenvalue weighted by molar-refractivity contribution is 0.102. The van der Waals surface area contributed by atoms with E-state index in [1.165, 1.54) is 0 Å². The summed E-state index contributed by atoms with van der Waals surface area (Å²) >= 11 is 0. The van der Waals surface area contributed by atoms with Crippen molar-refractivity contribution in [3.63, 3.8) is 0 Å². The van der Waals surface area contributed by atoms with Gasteiger partial charge in [-0.05, 0) is 42.8 Å². The highest BCUT2D eigenvalue weighted by Crippen LogP contribution is 2.22. The largest absolute Gasteiger partial charge is 0.399 e. The monoisotopic (exact) mass is 431 g/mol. The van der Waals surface area contributed by atoms with E-state index >= 15 is 0 Å². The molecule has 1 aliphatic rings. The van der Waals surface area contributed by atoms with Gasteiger partial charge in [0.2, 0.25) is 0 Å². The summed E-state index contributed by atoms with van der Waals surface area (Å²) in [5.41, 5.74) is 9.26. The Morgan fingerprint density at radius 3 is 2.41 bits per heavy atom. The van der Waals surface area contributed by atoms with Crippen LogP contribution in [-0.4, -0.2) is 38.9 Å². The number of aryl methyl sites for hydroxylation is 1. The van der Waals surface area contributed by atoms with Crippen LogP contribution < -0.4 is 16.0 Å². The van der Waals surface area contributed by atoms with E-state index in [9.17, 15) is 13.2 Å². The summed E-state index contributed by atoms with van der Waals surface area (Å²) in [5, 5.41) is 2.88. The van der Waals surface area contributed by atoms with E-state index < -0.39 is 9.84 Å². The number of rotatable bonds is 3. The van der Waals surface area contributed by atoms with Gasteiger partial charge in [0.25, 0.3) is 5.91 Å². The van der Waals surface area contributed by atoms with E-state index in [1.54, 1.807) is 12.1 Å². The van der Waals surface area contributed by atoms with E-state index in [2.05, 4.69) is 5.32 Å². The number of halogens is 2. The highest BCUT2D eigenvalue weighted by molar-refractivity contribution is 7.91. The van der Waals surface area contributed by atoms with E-state index in [0.717, 1.165) is 11.3 Å². The van der Waals surface area contributed by atoms with Crippen LogP contribution in [0.5, 0.6) is 0 Å². The molecule has 0 aliphatic carbocycles. The molecule has 3 N–H and O–H groups in total. The Bertz CT molecular complexity index is 906. The maximum Gasteiger partial charge on any atom is 0.256 e. The number of nitrogens with one attached hydrogen (secondary N) is 1. The molecule has 6 nitrogen and oxygen atoms in total. The Labute approximate surface area is 171 Å². The summed E-state index contributed by atoms with van der Waals surface area (Å²) in [6, 6.07) is 12.7. The van der Waals surface area contributed by atoms with Crippen molar-refractivity contribution < 1.29 is 13.2 Å². The van der Waals surface area contributed by atoms with Crippen molar-refractivity contribution in [2.75, 3.05) is 40.5 Å². The van der Waals surface area contributed by atoms with Gasteiger partial charge >= 0.3 is 0 Å². The number of carbonyl (C=O) groups is 1. The molecule has 0 bridgehead atoms. The van der Waals surface area contributed by atoms with Gasteiger partial charge in [0.15, 0.2) is 9.84 Å². The summed E-state index contributed by atoms with van der Waals surface area (Å²) in [6.45, 7) is 2.79. The fourth-order valence-corrected chi connectivity index (χ4v) is 4.03. The van der Waals surface area contributed by atoms with Gasteiger partial charge in [0, 0.05) is 35.7 Å². The number of benzene rings is 2. The molecule has 0 unspecified atom stereocenters. The zero-order valence-corrected chi connectivity index (χ0v) is 17.3. The third-order valence-electron chi connectivity index (χ3n) is 4.32. The molecular formula is C18H23Cl2N3O3S. The lowest BCUT2D eigenvalue weighted by Crippen LogP contribution is -2.40. The number of nitrogen functional groups attached to an aromatic ring is 1. The highest BCUT2D eigenvalue weighted by atomic mass is 35.5. The predicted octanol–water partition coefficient (Wildman–Crippen LogP) is 2.91. The van der Waals surface area contributed by atoms with Crippen molar-refractivity contribution in [1.29, 1.82) is 0 Å². The fourth-order valence-electron chi connectivity index (χ4n) is 2.83. The predicted molar refractivity (Wildman–Crippen MR) is 115 cm³/mol. The van der Waals surface area contributed by atoms with Crippen LogP contribution in [0.3, 0.4) is 0 Å². The van der Waals surface area contributed by atoms with Crippen molar-refractivity contribution >= 4 is 57.6 Å². The van der Waals surface area contributed by atoms with Crippen molar-refractivity contribution in [2.24, 2.45) is 0 Å².